The van der Waals surface area contributed by atoms with E-state index in [0.29, 0.717) is 35.4 Å². The third-order valence-electron chi connectivity index (χ3n) is 6.34. The summed E-state index contributed by atoms with van der Waals surface area (Å²) in [6, 6.07) is 7.01. The van der Waals surface area contributed by atoms with Crippen molar-refractivity contribution < 1.29 is 19.0 Å². The number of hydrogen-bond donors (Lipinski definition) is 3. The largest absolute Gasteiger partial charge is 0.493 e. The highest BCUT2D eigenvalue weighted by Crippen LogP contribution is 2.33. The molecule has 0 bridgehead atoms. The SMILES string of the molecule is CC.CCC(CCNc1ncnc2cc(OC)c(OC)cc12)NC(=O)Nc1ccc(OC2CCCC2)nc1. The lowest BCUT2D eigenvalue weighted by atomic mass is 10.1. The van der Waals surface area contributed by atoms with E-state index in [-0.39, 0.29) is 18.2 Å². The lowest BCUT2D eigenvalue weighted by Crippen LogP contribution is -2.38. The molecular formula is C28H40N6O4. The van der Waals surface area contributed by atoms with Crippen LogP contribution in [0.3, 0.4) is 0 Å². The van der Waals surface area contributed by atoms with Gasteiger partial charge < -0.3 is 30.2 Å². The molecule has 4 rings (SSSR count). The molecule has 38 heavy (non-hydrogen) atoms. The Labute approximate surface area is 224 Å². The van der Waals surface area contributed by atoms with Crippen molar-refractivity contribution in [3.05, 3.63) is 36.8 Å². The van der Waals surface area contributed by atoms with Crippen molar-refractivity contribution in [2.45, 2.75) is 71.4 Å². The molecule has 10 nitrogen and oxygen atoms in total. The minimum atomic E-state index is -0.266. The molecular weight excluding hydrogens is 484 g/mol. The fourth-order valence-electron chi connectivity index (χ4n) is 4.32. The van der Waals surface area contributed by atoms with Crippen molar-refractivity contribution in [2.24, 2.45) is 0 Å². The van der Waals surface area contributed by atoms with Gasteiger partial charge in [-0.05, 0) is 50.7 Å². The van der Waals surface area contributed by atoms with Crippen LogP contribution in [0.25, 0.3) is 10.9 Å². The molecule has 3 aromatic rings. The van der Waals surface area contributed by atoms with Crippen LogP contribution in [0.4, 0.5) is 16.3 Å². The molecule has 1 aliphatic carbocycles. The first-order valence-electron chi connectivity index (χ1n) is 13.4. The molecule has 1 saturated carbocycles. The second kappa shape index (κ2) is 14.8. The average molecular weight is 525 g/mol. The van der Waals surface area contributed by atoms with Crippen LogP contribution in [0.1, 0.15) is 59.3 Å². The first-order valence-corrected chi connectivity index (χ1v) is 13.4. The monoisotopic (exact) mass is 524 g/mol. The highest BCUT2D eigenvalue weighted by atomic mass is 16.5. The third-order valence-corrected chi connectivity index (χ3v) is 6.34. The minimum absolute atomic E-state index is 0.0156. The van der Waals surface area contributed by atoms with Crippen molar-refractivity contribution >= 4 is 28.4 Å². The number of aromatic nitrogens is 3. The number of ether oxygens (including phenoxy) is 3. The quantitative estimate of drug-likeness (QED) is 0.288. The van der Waals surface area contributed by atoms with Gasteiger partial charge in [-0.2, -0.15) is 0 Å². The number of pyridine rings is 1. The number of carbonyl (C=O) groups excluding carboxylic acids is 1. The molecule has 0 saturated heterocycles. The number of carbonyl (C=O) groups is 1. The zero-order valence-corrected chi connectivity index (χ0v) is 23.0. The van der Waals surface area contributed by atoms with Gasteiger partial charge in [0.15, 0.2) is 11.5 Å². The van der Waals surface area contributed by atoms with E-state index in [1.165, 1.54) is 19.2 Å². The Morgan fingerprint density at radius 2 is 1.79 bits per heavy atom. The van der Waals surface area contributed by atoms with E-state index in [1.54, 1.807) is 26.5 Å². The summed E-state index contributed by atoms with van der Waals surface area (Å²) in [5, 5.41) is 10.1. The Morgan fingerprint density at radius 1 is 1.05 bits per heavy atom. The fraction of sp³-hybridized carbons (Fsp3) is 0.500. The van der Waals surface area contributed by atoms with Crippen LogP contribution in [0, 0.1) is 0 Å². The molecule has 2 aromatic heterocycles. The molecule has 1 aromatic carbocycles. The molecule has 2 amide bonds. The van der Waals surface area contributed by atoms with Gasteiger partial charge in [-0.15, -0.1) is 0 Å². The Hall–Kier alpha value is -3.82. The number of nitrogens with one attached hydrogen (secondary N) is 3. The zero-order chi connectivity index (χ0) is 27.3. The number of rotatable bonds is 11. The van der Waals surface area contributed by atoms with Gasteiger partial charge in [0.1, 0.15) is 18.2 Å². The molecule has 10 heteroatoms. The van der Waals surface area contributed by atoms with Crippen LogP contribution in [-0.4, -0.2) is 53.9 Å². The van der Waals surface area contributed by atoms with E-state index in [0.717, 1.165) is 36.6 Å². The van der Waals surface area contributed by atoms with Gasteiger partial charge in [-0.1, -0.05) is 20.8 Å². The standard InChI is InChI=1S/C26H34N6O4.C2H6/c1-4-17(31-26(33)32-18-9-10-24(28-15-18)36-19-7-5-6-8-19)11-12-27-25-20-13-22(34-2)23(35-3)14-21(20)29-16-30-25;1-2/h9-10,13-17,19H,4-8,11-12H2,1-3H3,(H,27,29,30)(H2,31,32,33);1-2H3. The summed E-state index contributed by atoms with van der Waals surface area (Å²) < 4.78 is 16.7. The number of anilines is 2. The molecule has 206 valence electrons. The Kier molecular flexibility index (Phi) is 11.2. The average Bonchev–Trinajstić information content (AvgIpc) is 3.47. The number of benzene rings is 1. The summed E-state index contributed by atoms with van der Waals surface area (Å²) >= 11 is 0. The first kappa shape index (κ1) is 28.7. The molecule has 0 spiro atoms. The zero-order valence-electron chi connectivity index (χ0n) is 23.0. The topological polar surface area (TPSA) is 120 Å². The lowest BCUT2D eigenvalue weighted by molar-refractivity contribution is 0.201. The number of methoxy groups -OCH3 is 2. The van der Waals surface area contributed by atoms with Crippen molar-refractivity contribution in [1.82, 2.24) is 20.3 Å². The summed E-state index contributed by atoms with van der Waals surface area (Å²) in [4.78, 5) is 25.6. The molecule has 1 atom stereocenters. The normalized spacial score (nSPS) is 13.7. The second-order valence-corrected chi connectivity index (χ2v) is 8.78. The molecule has 0 aliphatic heterocycles. The second-order valence-electron chi connectivity index (χ2n) is 8.78. The first-order chi connectivity index (χ1) is 18.6. The summed E-state index contributed by atoms with van der Waals surface area (Å²) in [7, 11) is 3.19. The van der Waals surface area contributed by atoms with E-state index in [9.17, 15) is 4.79 Å². The lowest BCUT2D eigenvalue weighted by Gasteiger charge is -2.18. The Morgan fingerprint density at radius 3 is 2.45 bits per heavy atom. The van der Waals surface area contributed by atoms with Gasteiger partial charge >= 0.3 is 6.03 Å². The van der Waals surface area contributed by atoms with Crippen LogP contribution in [0.15, 0.2) is 36.8 Å². The number of nitrogens with zero attached hydrogens (tertiary/aromatic N) is 3. The van der Waals surface area contributed by atoms with Crippen LogP contribution in [0.5, 0.6) is 17.4 Å². The molecule has 1 aliphatic rings. The summed E-state index contributed by atoms with van der Waals surface area (Å²) in [6.07, 6.45) is 9.46. The van der Waals surface area contributed by atoms with Gasteiger partial charge in [-0.3, -0.25) is 0 Å². The highest BCUT2D eigenvalue weighted by molar-refractivity contribution is 5.91. The predicted octanol–water partition coefficient (Wildman–Crippen LogP) is 5.79. The third kappa shape index (κ3) is 7.84. The molecule has 1 fully saturated rings. The van der Waals surface area contributed by atoms with E-state index < -0.39 is 0 Å². The van der Waals surface area contributed by atoms with E-state index >= 15 is 0 Å². The Bertz CT molecular complexity index is 1150. The minimum Gasteiger partial charge on any atom is -0.493 e. The van der Waals surface area contributed by atoms with Crippen molar-refractivity contribution in [1.29, 1.82) is 0 Å². The number of amides is 2. The van der Waals surface area contributed by atoms with Crippen molar-refractivity contribution in [3.63, 3.8) is 0 Å². The predicted molar refractivity (Wildman–Crippen MR) is 150 cm³/mol. The van der Waals surface area contributed by atoms with Crippen molar-refractivity contribution in [3.8, 4) is 17.4 Å². The molecule has 3 N–H and O–H groups in total. The number of urea groups is 1. The smallest absolute Gasteiger partial charge is 0.319 e. The summed E-state index contributed by atoms with van der Waals surface area (Å²) in [6.45, 7) is 6.66. The van der Waals surface area contributed by atoms with Crippen LogP contribution in [0.2, 0.25) is 0 Å². The molecule has 0 radical (unpaired) electrons. The van der Waals surface area contributed by atoms with Crippen LogP contribution in [-0.2, 0) is 0 Å². The maximum absolute atomic E-state index is 12.5. The summed E-state index contributed by atoms with van der Waals surface area (Å²) in [5.41, 5.74) is 1.37. The van der Waals surface area contributed by atoms with Gasteiger partial charge in [0, 0.05) is 30.1 Å². The van der Waals surface area contributed by atoms with Gasteiger partial charge in [0.2, 0.25) is 5.88 Å². The highest BCUT2D eigenvalue weighted by Gasteiger charge is 2.17. The van der Waals surface area contributed by atoms with Crippen molar-refractivity contribution in [2.75, 3.05) is 31.4 Å². The van der Waals surface area contributed by atoms with E-state index in [4.69, 9.17) is 14.2 Å². The maximum Gasteiger partial charge on any atom is 0.319 e. The van der Waals surface area contributed by atoms with E-state index in [1.807, 2.05) is 39.0 Å². The van der Waals surface area contributed by atoms with Gasteiger partial charge in [0.05, 0.1) is 31.6 Å². The van der Waals surface area contributed by atoms with E-state index in [2.05, 4.69) is 30.9 Å². The molecule has 1 unspecified atom stereocenters. The van der Waals surface area contributed by atoms with Gasteiger partial charge in [0.25, 0.3) is 0 Å². The number of hydrogen-bond acceptors (Lipinski definition) is 8. The molecule has 2 heterocycles. The Balaban J connectivity index is 0.00000195. The number of fused-ring (bicyclic) bond motifs is 1. The maximum atomic E-state index is 12.5. The van der Waals surface area contributed by atoms with Crippen LogP contribution < -0.4 is 30.2 Å². The summed E-state index contributed by atoms with van der Waals surface area (Å²) in [5.74, 6) is 2.52. The van der Waals surface area contributed by atoms with Gasteiger partial charge in [-0.25, -0.2) is 19.7 Å². The van der Waals surface area contributed by atoms with Crippen LogP contribution >= 0.6 is 0 Å². The fourth-order valence-corrected chi connectivity index (χ4v) is 4.32.